The van der Waals surface area contributed by atoms with Gasteiger partial charge < -0.3 is 20.1 Å². The molecular formula is C27H19Cl2N3O8. The summed E-state index contributed by atoms with van der Waals surface area (Å²) in [5.41, 5.74) is 0.555. The first kappa shape index (κ1) is 28.3. The minimum Gasteiger partial charge on any atom is -0.454 e. The van der Waals surface area contributed by atoms with Crippen LogP contribution in [-0.4, -0.2) is 60.2 Å². The van der Waals surface area contributed by atoms with Crippen LogP contribution in [0.4, 0.5) is 11.4 Å². The van der Waals surface area contributed by atoms with Crippen LogP contribution >= 0.6 is 23.2 Å². The first-order chi connectivity index (χ1) is 19.1. The average molecular weight is 584 g/mol. The fourth-order valence-corrected chi connectivity index (χ4v) is 4.00. The SMILES string of the molecule is O=C(COC(=O)CN1C(=O)c2ccc(C(=O)OCC(=O)Nc3cccc(Cl)c3)cc2C1=O)Nc1cccc(Cl)c1. The van der Waals surface area contributed by atoms with Crippen LogP contribution < -0.4 is 10.6 Å². The number of carbonyl (C=O) groups excluding carboxylic acids is 6. The van der Waals surface area contributed by atoms with Gasteiger partial charge in [-0.3, -0.25) is 28.9 Å². The number of fused-ring (bicyclic) bond motifs is 1. The van der Waals surface area contributed by atoms with Gasteiger partial charge in [0, 0.05) is 21.4 Å². The van der Waals surface area contributed by atoms with Crippen molar-refractivity contribution in [3.05, 3.63) is 93.5 Å². The maximum Gasteiger partial charge on any atom is 0.338 e. The fourth-order valence-electron chi connectivity index (χ4n) is 3.62. The molecule has 40 heavy (non-hydrogen) atoms. The molecule has 4 amide bonds. The molecule has 0 fully saturated rings. The number of amides is 4. The zero-order valence-corrected chi connectivity index (χ0v) is 22.0. The Hall–Kier alpha value is -4.74. The van der Waals surface area contributed by atoms with E-state index >= 15 is 0 Å². The molecule has 0 aliphatic carbocycles. The van der Waals surface area contributed by atoms with Crippen molar-refractivity contribution < 1.29 is 38.2 Å². The lowest BCUT2D eigenvalue weighted by atomic mass is 10.1. The molecular weight excluding hydrogens is 565 g/mol. The van der Waals surface area contributed by atoms with Crippen molar-refractivity contribution in [2.24, 2.45) is 0 Å². The zero-order valence-electron chi connectivity index (χ0n) is 20.4. The van der Waals surface area contributed by atoms with Crippen LogP contribution in [0.1, 0.15) is 31.1 Å². The van der Waals surface area contributed by atoms with Crippen molar-refractivity contribution in [1.29, 1.82) is 0 Å². The molecule has 204 valence electrons. The molecule has 0 radical (unpaired) electrons. The van der Waals surface area contributed by atoms with Crippen LogP contribution in [0.5, 0.6) is 0 Å². The number of carbonyl (C=O) groups is 6. The van der Waals surface area contributed by atoms with Crippen molar-refractivity contribution >= 4 is 70.1 Å². The molecule has 0 aromatic heterocycles. The van der Waals surface area contributed by atoms with Gasteiger partial charge in [0.1, 0.15) is 6.54 Å². The molecule has 0 spiro atoms. The largest absolute Gasteiger partial charge is 0.454 e. The number of rotatable bonds is 9. The molecule has 1 aliphatic rings. The Kier molecular flexibility index (Phi) is 8.77. The van der Waals surface area contributed by atoms with E-state index in [4.69, 9.17) is 32.7 Å². The van der Waals surface area contributed by atoms with E-state index < -0.39 is 55.3 Å². The van der Waals surface area contributed by atoms with E-state index in [2.05, 4.69) is 10.6 Å². The average Bonchev–Trinajstić information content (AvgIpc) is 3.15. The second kappa shape index (κ2) is 12.4. The number of imide groups is 1. The van der Waals surface area contributed by atoms with Gasteiger partial charge in [-0.2, -0.15) is 0 Å². The van der Waals surface area contributed by atoms with Crippen LogP contribution in [0.3, 0.4) is 0 Å². The van der Waals surface area contributed by atoms with E-state index in [0.717, 1.165) is 6.07 Å². The van der Waals surface area contributed by atoms with Gasteiger partial charge >= 0.3 is 11.9 Å². The number of nitrogens with zero attached hydrogens (tertiary/aromatic N) is 1. The predicted octanol–water partition coefficient (Wildman–Crippen LogP) is 3.57. The van der Waals surface area contributed by atoms with Gasteiger partial charge in [-0.1, -0.05) is 35.3 Å². The number of ether oxygens (including phenoxy) is 2. The highest BCUT2D eigenvalue weighted by molar-refractivity contribution is 6.31. The van der Waals surface area contributed by atoms with Gasteiger partial charge in [0.2, 0.25) is 0 Å². The van der Waals surface area contributed by atoms with E-state index in [1.165, 1.54) is 24.3 Å². The molecule has 0 saturated heterocycles. The summed E-state index contributed by atoms with van der Waals surface area (Å²) in [6, 6.07) is 16.3. The number of benzene rings is 3. The number of esters is 2. The van der Waals surface area contributed by atoms with Crippen molar-refractivity contribution in [2.45, 2.75) is 0 Å². The van der Waals surface area contributed by atoms with Gasteiger partial charge in [-0.05, 0) is 54.6 Å². The second-order valence-electron chi connectivity index (χ2n) is 8.31. The molecule has 4 rings (SSSR count). The summed E-state index contributed by atoms with van der Waals surface area (Å²) in [6.45, 7) is -2.02. The monoisotopic (exact) mass is 583 g/mol. The first-order valence-corrected chi connectivity index (χ1v) is 12.3. The maximum atomic E-state index is 12.8. The summed E-state index contributed by atoms with van der Waals surface area (Å²) in [6.07, 6.45) is 0. The highest BCUT2D eigenvalue weighted by Crippen LogP contribution is 2.24. The highest BCUT2D eigenvalue weighted by atomic mass is 35.5. The Labute approximate surface area is 236 Å². The van der Waals surface area contributed by atoms with Crippen LogP contribution in [0, 0.1) is 0 Å². The fraction of sp³-hybridized carbons (Fsp3) is 0.111. The van der Waals surface area contributed by atoms with Crippen molar-refractivity contribution in [3.63, 3.8) is 0 Å². The molecule has 0 unspecified atom stereocenters. The van der Waals surface area contributed by atoms with Crippen LogP contribution in [0.15, 0.2) is 66.7 Å². The summed E-state index contributed by atoms with van der Waals surface area (Å²) >= 11 is 11.7. The molecule has 0 bridgehead atoms. The van der Waals surface area contributed by atoms with Gasteiger partial charge in [0.25, 0.3) is 23.6 Å². The summed E-state index contributed by atoms with van der Waals surface area (Å²) in [4.78, 5) is 74.9. The lowest BCUT2D eigenvalue weighted by molar-refractivity contribution is -0.147. The summed E-state index contributed by atoms with van der Waals surface area (Å²) in [5.74, 6) is -4.79. The maximum absolute atomic E-state index is 12.8. The van der Waals surface area contributed by atoms with Crippen LogP contribution in [0.2, 0.25) is 10.0 Å². The smallest absolute Gasteiger partial charge is 0.338 e. The summed E-state index contributed by atoms with van der Waals surface area (Å²) in [7, 11) is 0. The Morgan fingerprint density at radius 1 is 0.700 bits per heavy atom. The molecule has 1 heterocycles. The second-order valence-corrected chi connectivity index (χ2v) is 9.18. The van der Waals surface area contributed by atoms with Gasteiger partial charge in [-0.25, -0.2) is 4.79 Å². The third kappa shape index (κ3) is 7.01. The molecule has 0 atom stereocenters. The van der Waals surface area contributed by atoms with E-state index in [-0.39, 0.29) is 16.7 Å². The van der Waals surface area contributed by atoms with Crippen molar-refractivity contribution in [2.75, 3.05) is 30.4 Å². The minimum absolute atomic E-state index is 0.0354. The Balaban J connectivity index is 1.30. The highest BCUT2D eigenvalue weighted by Gasteiger charge is 2.37. The number of hydrogen-bond donors (Lipinski definition) is 2. The lowest BCUT2D eigenvalue weighted by Crippen LogP contribution is -2.36. The van der Waals surface area contributed by atoms with E-state index in [0.29, 0.717) is 26.3 Å². The van der Waals surface area contributed by atoms with Crippen molar-refractivity contribution in [1.82, 2.24) is 4.90 Å². The number of hydrogen-bond acceptors (Lipinski definition) is 8. The topological polar surface area (TPSA) is 148 Å². The molecule has 3 aromatic rings. The van der Waals surface area contributed by atoms with Crippen molar-refractivity contribution in [3.8, 4) is 0 Å². The number of anilines is 2. The van der Waals surface area contributed by atoms with Gasteiger partial charge in [0.15, 0.2) is 13.2 Å². The molecule has 0 saturated carbocycles. The van der Waals surface area contributed by atoms with Gasteiger partial charge in [0.05, 0.1) is 16.7 Å². The summed E-state index contributed by atoms with van der Waals surface area (Å²) < 4.78 is 9.88. The zero-order chi connectivity index (χ0) is 28.8. The third-order valence-electron chi connectivity index (χ3n) is 5.41. The van der Waals surface area contributed by atoms with Crippen LogP contribution in [-0.2, 0) is 23.9 Å². The molecule has 1 aliphatic heterocycles. The third-order valence-corrected chi connectivity index (χ3v) is 5.88. The minimum atomic E-state index is -0.999. The first-order valence-electron chi connectivity index (χ1n) is 11.5. The molecule has 2 N–H and O–H groups in total. The Morgan fingerprint density at radius 2 is 1.25 bits per heavy atom. The van der Waals surface area contributed by atoms with Gasteiger partial charge in [-0.15, -0.1) is 0 Å². The van der Waals surface area contributed by atoms with E-state index in [1.807, 2.05) is 0 Å². The van der Waals surface area contributed by atoms with E-state index in [1.54, 1.807) is 36.4 Å². The lowest BCUT2D eigenvalue weighted by Gasteiger charge is -2.13. The molecule has 11 nitrogen and oxygen atoms in total. The van der Waals surface area contributed by atoms with Crippen LogP contribution in [0.25, 0.3) is 0 Å². The molecule has 3 aromatic carbocycles. The quantitative estimate of drug-likeness (QED) is 0.287. The normalized spacial score (nSPS) is 12.0. The number of nitrogens with one attached hydrogen (secondary N) is 2. The Morgan fingerprint density at radius 3 is 1.82 bits per heavy atom. The molecule has 13 heteroatoms. The summed E-state index contributed by atoms with van der Waals surface area (Å²) in [5, 5.41) is 5.82. The van der Waals surface area contributed by atoms with E-state index in [9.17, 15) is 28.8 Å². The number of halogens is 2. The Bertz CT molecular complexity index is 1540. The predicted molar refractivity (Wildman–Crippen MR) is 143 cm³/mol. The standard InChI is InChI=1S/C27H19Cl2N3O8/c28-16-3-1-5-18(10-16)30-22(33)13-39-24(35)12-32-25(36)20-8-7-15(9-21(20)26(32)37)27(38)40-14-23(34)31-19-6-2-4-17(29)11-19/h1-11H,12-14H2,(H,30,33)(H,31,34).